The van der Waals surface area contributed by atoms with Crippen LogP contribution in [0.15, 0.2) is 188 Å². The second-order valence-electron chi connectivity index (χ2n) is 14.4. The highest BCUT2D eigenvalue weighted by Gasteiger charge is 2.23. The summed E-state index contributed by atoms with van der Waals surface area (Å²) in [6.45, 7) is 0. The first-order chi connectivity index (χ1) is 27.8. The van der Waals surface area contributed by atoms with Crippen LogP contribution in [0.25, 0.3) is 110 Å². The van der Waals surface area contributed by atoms with Gasteiger partial charge in [-0.15, -0.1) is 0 Å². The summed E-state index contributed by atoms with van der Waals surface area (Å²) in [4.78, 5) is 16.2. The third-order valence-corrected chi connectivity index (χ3v) is 11.3. The molecular formula is C51H31N5. The molecule has 0 fully saturated rings. The molecule has 5 heteroatoms. The quantitative estimate of drug-likeness (QED) is 0.171. The Balaban J connectivity index is 1.28. The Morgan fingerprint density at radius 2 is 0.946 bits per heavy atom. The highest BCUT2D eigenvalue weighted by Crippen LogP contribution is 2.45. The van der Waals surface area contributed by atoms with Crippen molar-refractivity contribution in [3.05, 3.63) is 188 Å². The number of benzene rings is 9. The van der Waals surface area contributed by atoms with Gasteiger partial charge in [-0.25, -0.2) is 15.0 Å². The van der Waals surface area contributed by atoms with Gasteiger partial charge >= 0.3 is 0 Å². The Morgan fingerprint density at radius 3 is 1.71 bits per heavy atom. The highest BCUT2D eigenvalue weighted by atomic mass is 15.2. The van der Waals surface area contributed by atoms with Crippen LogP contribution in [0.5, 0.6) is 0 Å². The molecule has 0 aliphatic carbocycles. The largest absolute Gasteiger partial charge is 0.292 e. The SMILES string of the molecule is c1ccc(-c2nc(-n3c4ccccc4c4ccc5c6ccccc6c6cc7c(cc6c5c43)nc(-c3ccccc3)n7-c3ccccc3)nc3ccccc23)cc1. The molecule has 3 aromatic heterocycles. The Bertz CT molecular complexity index is 3510. The van der Waals surface area contributed by atoms with Crippen LogP contribution in [0.3, 0.4) is 0 Å². The Labute approximate surface area is 321 Å². The van der Waals surface area contributed by atoms with Crippen LogP contribution in [-0.4, -0.2) is 24.1 Å². The number of rotatable bonds is 4. The molecule has 0 unspecified atom stereocenters. The van der Waals surface area contributed by atoms with Crippen molar-refractivity contribution in [3.63, 3.8) is 0 Å². The average Bonchev–Trinajstić information content (AvgIpc) is 3.82. The molecule has 0 bridgehead atoms. The molecule has 0 atom stereocenters. The molecule has 0 radical (unpaired) electrons. The number of para-hydroxylation sites is 3. The smallest absolute Gasteiger partial charge is 0.235 e. The van der Waals surface area contributed by atoms with Crippen molar-refractivity contribution in [2.75, 3.05) is 0 Å². The van der Waals surface area contributed by atoms with Crippen LogP contribution in [0.4, 0.5) is 0 Å². The van der Waals surface area contributed by atoms with Gasteiger partial charge in [0.15, 0.2) is 0 Å². The maximum Gasteiger partial charge on any atom is 0.235 e. The zero-order valence-electron chi connectivity index (χ0n) is 30.1. The molecule has 12 rings (SSSR count). The lowest BCUT2D eigenvalue weighted by molar-refractivity contribution is 1.02. The normalized spacial score (nSPS) is 11.9. The van der Waals surface area contributed by atoms with E-state index in [9.17, 15) is 0 Å². The van der Waals surface area contributed by atoms with Gasteiger partial charge in [-0.3, -0.25) is 9.13 Å². The zero-order valence-corrected chi connectivity index (χ0v) is 30.1. The van der Waals surface area contributed by atoms with Gasteiger partial charge in [0, 0.05) is 38.4 Å². The zero-order chi connectivity index (χ0) is 36.7. The molecule has 9 aromatic carbocycles. The van der Waals surface area contributed by atoms with Crippen LogP contribution >= 0.6 is 0 Å². The molecule has 0 spiro atoms. The first-order valence-corrected chi connectivity index (χ1v) is 19.0. The van der Waals surface area contributed by atoms with E-state index in [1.54, 1.807) is 0 Å². The van der Waals surface area contributed by atoms with Crippen LogP contribution < -0.4 is 0 Å². The number of hydrogen-bond donors (Lipinski definition) is 0. The van der Waals surface area contributed by atoms with E-state index in [0.29, 0.717) is 5.95 Å². The van der Waals surface area contributed by atoms with E-state index >= 15 is 0 Å². The molecule has 0 saturated heterocycles. The van der Waals surface area contributed by atoms with E-state index in [2.05, 4.69) is 191 Å². The van der Waals surface area contributed by atoms with E-state index in [1.807, 2.05) is 6.07 Å². The minimum atomic E-state index is 0.642. The molecule has 3 heterocycles. The van der Waals surface area contributed by atoms with E-state index in [1.165, 1.54) is 21.5 Å². The Kier molecular flexibility index (Phi) is 6.56. The van der Waals surface area contributed by atoms with Gasteiger partial charge in [0.1, 0.15) is 5.82 Å². The average molecular weight is 714 g/mol. The monoisotopic (exact) mass is 713 g/mol. The maximum atomic E-state index is 5.43. The van der Waals surface area contributed by atoms with Crippen molar-refractivity contribution in [1.29, 1.82) is 0 Å². The molecule has 0 aliphatic heterocycles. The number of fused-ring (bicyclic) bond motifs is 12. The summed E-state index contributed by atoms with van der Waals surface area (Å²) in [6.07, 6.45) is 0. The van der Waals surface area contributed by atoms with Gasteiger partial charge in [-0.05, 0) is 63.3 Å². The fraction of sp³-hybridized carbons (Fsp3) is 0. The summed E-state index contributed by atoms with van der Waals surface area (Å²) >= 11 is 0. The summed E-state index contributed by atoms with van der Waals surface area (Å²) in [6, 6.07) is 66.5. The number of imidazole rings is 1. The lowest BCUT2D eigenvalue weighted by Crippen LogP contribution is -2.04. The van der Waals surface area contributed by atoms with Crippen molar-refractivity contribution in [2.24, 2.45) is 0 Å². The van der Waals surface area contributed by atoms with Crippen LogP contribution in [0.1, 0.15) is 0 Å². The highest BCUT2D eigenvalue weighted by molar-refractivity contribution is 6.34. The predicted octanol–water partition coefficient (Wildman–Crippen LogP) is 12.9. The lowest BCUT2D eigenvalue weighted by Gasteiger charge is -2.15. The Morgan fingerprint density at radius 1 is 0.339 bits per heavy atom. The van der Waals surface area contributed by atoms with Gasteiger partial charge < -0.3 is 0 Å². The number of hydrogen-bond acceptors (Lipinski definition) is 3. The van der Waals surface area contributed by atoms with Crippen molar-refractivity contribution < 1.29 is 0 Å². The molecular weight excluding hydrogens is 683 g/mol. The minimum Gasteiger partial charge on any atom is -0.292 e. The third-order valence-electron chi connectivity index (χ3n) is 11.3. The first-order valence-electron chi connectivity index (χ1n) is 19.0. The molecule has 0 N–H and O–H groups in total. The molecule has 5 nitrogen and oxygen atoms in total. The minimum absolute atomic E-state index is 0.642. The summed E-state index contributed by atoms with van der Waals surface area (Å²) in [5, 5.41) is 10.4. The molecule has 56 heavy (non-hydrogen) atoms. The number of nitrogens with zero attached hydrogens (tertiary/aromatic N) is 5. The van der Waals surface area contributed by atoms with Crippen LogP contribution in [-0.2, 0) is 0 Å². The van der Waals surface area contributed by atoms with Crippen molar-refractivity contribution >= 4 is 76.1 Å². The number of aromatic nitrogens is 5. The van der Waals surface area contributed by atoms with E-state index in [0.717, 1.165) is 82.8 Å². The third kappa shape index (κ3) is 4.46. The van der Waals surface area contributed by atoms with Gasteiger partial charge in [-0.1, -0.05) is 152 Å². The lowest BCUT2D eigenvalue weighted by atomic mass is 9.92. The summed E-state index contributed by atoms with van der Waals surface area (Å²) in [5.74, 6) is 1.55. The van der Waals surface area contributed by atoms with Crippen molar-refractivity contribution in [2.45, 2.75) is 0 Å². The van der Waals surface area contributed by atoms with E-state index in [-0.39, 0.29) is 0 Å². The fourth-order valence-electron chi connectivity index (χ4n) is 8.87. The van der Waals surface area contributed by atoms with Gasteiger partial charge in [-0.2, -0.15) is 0 Å². The molecule has 0 saturated carbocycles. The van der Waals surface area contributed by atoms with Gasteiger partial charge in [0.2, 0.25) is 5.95 Å². The van der Waals surface area contributed by atoms with Crippen molar-refractivity contribution in [3.8, 4) is 34.3 Å². The maximum absolute atomic E-state index is 5.43. The van der Waals surface area contributed by atoms with Crippen molar-refractivity contribution in [1.82, 2.24) is 24.1 Å². The topological polar surface area (TPSA) is 48.5 Å². The Hall–Kier alpha value is -7.63. The fourth-order valence-corrected chi connectivity index (χ4v) is 8.87. The molecule has 12 aromatic rings. The standard InChI is InChI=1S/C51H31N5/c1-4-16-32(17-5-1)48-40-25-12-14-26-43(40)53-51(54-48)56-45-27-15-13-24-37(45)39-29-28-38-35-22-10-11-23-36(35)41-31-46-44(30-42(41)47(38)49(39)56)52-50(33-18-6-2-7-19-33)55(46)34-20-8-3-9-21-34/h1-31H. The first kappa shape index (κ1) is 30.8. The second-order valence-corrected chi connectivity index (χ2v) is 14.4. The summed E-state index contributed by atoms with van der Waals surface area (Å²) < 4.78 is 4.59. The molecule has 0 amide bonds. The molecule has 0 aliphatic rings. The summed E-state index contributed by atoms with van der Waals surface area (Å²) in [7, 11) is 0. The van der Waals surface area contributed by atoms with Crippen LogP contribution in [0.2, 0.25) is 0 Å². The predicted molar refractivity (Wildman–Crippen MR) is 232 cm³/mol. The van der Waals surface area contributed by atoms with E-state index < -0.39 is 0 Å². The van der Waals surface area contributed by atoms with E-state index in [4.69, 9.17) is 15.0 Å². The summed E-state index contributed by atoms with van der Waals surface area (Å²) in [5.41, 5.74) is 9.15. The van der Waals surface area contributed by atoms with Gasteiger partial charge in [0.05, 0.1) is 33.3 Å². The molecule has 260 valence electrons. The van der Waals surface area contributed by atoms with Gasteiger partial charge in [0.25, 0.3) is 0 Å². The second kappa shape index (κ2) is 11.9. The van der Waals surface area contributed by atoms with Crippen LogP contribution in [0, 0.1) is 0 Å².